The van der Waals surface area contributed by atoms with Gasteiger partial charge in [-0.05, 0) is 50.0 Å². The Hall–Kier alpha value is -0.673. The zero-order valence-corrected chi connectivity index (χ0v) is 13.7. The third-order valence-corrected chi connectivity index (χ3v) is 8.44. The highest BCUT2D eigenvalue weighted by Crippen LogP contribution is 2.37. The van der Waals surface area contributed by atoms with Crippen LogP contribution in [0.1, 0.15) is 39.8 Å². The molecule has 0 aromatic carbocycles. The second-order valence-corrected chi connectivity index (χ2v) is 11.3. The van der Waals surface area contributed by atoms with E-state index in [2.05, 4.69) is 51.8 Å². The molecule has 0 saturated heterocycles. The van der Waals surface area contributed by atoms with Gasteiger partial charge >= 0.3 is 0 Å². The van der Waals surface area contributed by atoms with Gasteiger partial charge in [-0.15, -0.1) is 0 Å². The summed E-state index contributed by atoms with van der Waals surface area (Å²) in [5.41, 5.74) is 1.16. The topological polar surface area (TPSA) is 22.1 Å². The second kappa shape index (κ2) is 5.98. The summed E-state index contributed by atoms with van der Waals surface area (Å²) in [6, 6.07) is 6.08. The van der Waals surface area contributed by atoms with Gasteiger partial charge in [-0.25, -0.2) is 0 Å². The number of aromatic nitrogens is 1. The van der Waals surface area contributed by atoms with Crippen LogP contribution in [0.2, 0.25) is 18.1 Å². The van der Waals surface area contributed by atoms with E-state index in [4.69, 9.17) is 4.43 Å². The lowest BCUT2D eigenvalue weighted by atomic mass is 10.1. The van der Waals surface area contributed by atoms with E-state index >= 15 is 0 Å². The fourth-order valence-electron chi connectivity index (χ4n) is 1.64. The molecule has 0 saturated carbocycles. The molecule has 0 fully saturated rings. The Morgan fingerprint density at radius 3 is 2.44 bits per heavy atom. The Morgan fingerprint density at radius 1 is 1.28 bits per heavy atom. The van der Waals surface area contributed by atoms with Crippen molar-refractivity contribution in [2.75, 3.05) is 0 Å². The van der Waals surface area contributed by atoms with Crippen molar-refractivity contribution < 1.29 is 4.43 Å². The number of hydrogen-bond acceptors (Lipinski definition) is 2. The summed E-state index contributed by atoms with van der Waals surface area (Å²) in [6.45, 7) is 13.7. The van der Waals surface area contributed by atoms with Crippen molar-refractivity contribution in [3.63, 3.8) is 0 Å². The Morgan fingerprint density at radius 2 is 1.94 bits per heavy atom. The molecule has 0 bridgehead atoms. The number of hydrogen-bond donors (Lipinski definition) is 0. The van der Waals surface area contributed by atoms with Crippen LogP contribution in [0.15, 0.2) is 24.4 Å². The first-order chi connectivity index (χ1) is 8.22. The van der Waals surface area contributed by atoms with Crippen LogP contribution in [0, 0.1) is 0 Å². The molecular weight excluding hydrogens is 238 g/mol. The number of aryl methyl sites for hydroxylation is 1. The molecule has 0 spiro atoms. The molecule has 1 rings (SSSR count). The van der Waals surface area contributed by atoms with Crippen LogP contribution in [0.25, 0.3) is 0 Å². The number of pyridine rings is 1. The molecule has 0 aliphatic rings. The summed E-state index contributed by atoms with van der Waals surface area (Å²) in [4.78, 5) is 4.35. The van der Waals surface area contributed by atoms with Gasteiger partial charge in [0.25, 0.3) is 0 Å². The van der Waals surface area contributed by atoms with Crippen LogP contribution in [0.5, 0.6) is 0 Å². The van der Waals surface area contributed by atoms with E-state index in [0.29, 0.717) is 6.10 Å². The number of nitrogens with zero attached hydrogens (tertiary/aromatic N) is 1. The van der Waals surface area contributed by atoms with E-state index < -0.39 is 8.32 Å². The molecule has 0 aliphatic carbocycles. The van der Waals surface area contributed by atoms with Crippen LogP contribution < -0.4 is 0 Å². The van der Waals surface area contributed by atoms with Crippen LogP contribution in [0.4, 0.5) is 0 Å². The highest BCUT2D eigenvalue weighted by atomic mass is 28.4. The van der Waals surface area contributed by atoms with Crippen molar-refractivity contribution in [1.29, 1.82) is 0 Å². The SMILES string of the molecule is CC(CCc1ccccn1)O[Si](C)(C)C(C)(C)C. The maximum atomic E-state index is 6.34. The van der Waals surface area contributed by atoms with E-state index in [-0.39, 0.29) is 5.04 Å². The average Bonchev–Trinajstić information content (AvgIpc) is 2.26. The van der Waals surface area contributed by atoms with Crippen molar-refractivity contribution in [2.24, 2.45) is 0 Å². The van der Waals surface area contributed by atoms with Gasteiger partial charge in [0.05, 0.1) is 0 Å². The standard InChI is InChI=1S/C15H27NOSi/c1-13(17-18(5,6)15(2,3)4)10-11-14-9-7-8-12-16-14/h7-9,12-13H,10-11H2,1-6H3. The molecule has 0 amide bonds. The van der Waals surface area contributed by atoms with Gasteiger partial charge in [0, 0.05) is 18.0 Å². The summed E-state index contributed by atoms with van der Waals surface area (Å²) in [5, 5.41) is 0.284. The van der Waals surface area contributed by atoms with E-state index in [1.807, 2.05) is 18.3 Å². The van der Waals surface area contributed by atoms with Gasteiger partial charge in [-0.3, -0.25) is 4.98 Å². The summed E-state index contributed by atoms with van der Waals surface area (Å²) < 4.78 is 6.34. The zero-order valence-electron chi connectivity index (χ0n) is 12.7. The quantitative estimate of drug-likeness (QED) is 0.735. The average molecular weight is 265 g/mol. The smallest absolute Gasteiger partial charge is 0.192 e. The van der Waals surface area contributed by atoms with Gasteiger partial charge in [0.15, 0.2) is 8.32 Å². The van der Waals surface area contributed by atoms with Crippen LogP contribution in [0.3, 0.4) is 0 Å². The highest BCUT2D eigenvalue weighted by Gasteiger charge is 2.38. The number of rotatable bonds is 5. The first-order valence-corrected chi connectivity index (χ1v) is 9.71. The van der Waals surface area contributed by atoms with Crippen molar-refractivity contribution in [2.45, 2.75) is 64.8 Å². The largest absolute Gasteiger partial charge is 0.414 e. The summed E-state index contributed by atoms with van der Waals surface area (Å²) in [5.74, 6) is 0. The summed E-state index contributed by atoms with van der Waals surface area (Å²) in [6.07, 6.45) is 4.21. The zero-order chi connectivity index (χ0) is 13.8. The van der Waals surface area contributed by atoms with Crippen molar-refractivity contribution in [3.05, 3.63) is 30.1 Å². The Balaban J connectivity index is 2.45. The Kier molecular flexibility index (Phi) is 5.11. The minimum atomic E-state index is -1.63. The molecule has 102 valence electrons. The van der Waals surface area contributed by atoms with E-state index in [1.165, 1.54) is 0 Å². The van der Waals surface area contributed by atoms with Gasteiger partial charge in [-0.2, -0.15) is 0 Å². The lowest BCUT2D eigenvalue weighted by molar-refractivity contribution is 0.189. The van der Waals surface area contributed by atoms with E-state index in [9.17, 15) is 0 Å². The first-order valence-electron chi connectivity index (χ1n) is 6.80. The molecule has 18 heavy (non-hydrogen) atoms. The van der Waals surface area contributed by atoms with Crippen molar-refractivity contribution in [3.8, 4) is 0 Å². The summed E-state index contributed by atoms with van der Waals surface area (Å²) >= 11 is 0. The fourth-order valence-corrected chi connectivity index (χ4v) is 3.11. The lowest BCUT2D eigenvalue weighted by Gasteiger charge is -2.38. The monoisotopic (exact) mass is 265 g/mol. The second-order valence-electron chi connectivity index (χ2n) is 6.55. The van der Waals surface area contributed by atoms with Crippen LogP contribution >= 0.6 is 0 Å². The molecule has 2 nitrogen and oxygen atoms in total. The fraction of sp³-hybridized carbons (Fsp3) is 0.667. The normalized spacial score (nSPS) is 14.6. The van der Waals surface area contributed by atoms with Gasteiger partial charge in [0.2, 0.25) is 0 Å². The third-order valence-electron chi connectivity index (χ3n) is 3.84. The van der Waals surface area contributed by atoms with Crippen molar-refractivity contribution in [1.82, 2.24) is 4.98 Å². The molecule has 0 aliphatic heterocycles. The molecule has 0 radical (unpaired) electrons. The lowest BCUT2D eigenvalue weighted by Crippen LogP contribution is -2.43. The minimum absolute atomic E-state index is 0.284. The van der Waals surface area contributed by atoms with E-state index in [0.717, 1.165) is 18.5 Å². The molecule has 1 heterocycles. The predicted molar refractivity (Wildman–Crippen MR) is 80.3 cm³/mol. The van der Waals surface area contributed by atoms with Gasteiger partial charge in [0.1, 0.15) is 0 Å². The highest BCUT2D eigenvalue weighted by molar-refractivity contribution is 6.74. The molecule has 1 aromatic heterocycles. The first kappa shape index (κ1) is 15.4. The minimum Gasteiger partial charge on any atom is -0.414 e. The molecular formula is C15H27NOSi. The van der Waals surface area contributed by atoms with Gasteiger partial charge in [-0.1, -0.05) is 26.8 Å². The Labute approximate surface area is 113 Å². The van der Waals surface area contributed by atoms with Crippen LogP contribution in [-0.4, -0.2) is 19.4 Å². The maximum absolute atomic E-state index is 6.34. The maximum Gasteiger partial charge on any atom is 0.192 e. The molecule has 1 atom stereocenters. The predicted octanol–water partition coefficient (Wildman–Crippen LogP) is 4.42. The molecule has 1 unspecified atom stereocenters. The Bertz CT molecular complexity index is 357. The summed E-state index contributed by atoms with van der Waals surface area (Å²) in [7, 11) is -1.63. The molecule has 3 heteroatoms. The van der Waals surface area contributed by atoms with E-state index in [1.54, 1.807) is 0 Å². The van der Waals surface area contributed by atoms with Gasteiger partial charge < -0.3 is 4.43 Å². The van der Waals surface area contributed by atoms with Crippen molar-refractivity contribution >= 4 is 8.32 Å². The van der Waals surface area contributed by atoms with Crippen LogP contribution in [-0.2, 0) is 10.8 Å². The molecule has 1 aromatic rings. The molecule has 0 N–H and O–H groups in total. The third kappa shape index (κ3) is 4.54.